The standard InChI is InChI=1S/C19H20O5/c1-13(2)23-19(21)17(14-9-11-16(22-3)12-10-14)24-18(20)15-7-5-4-6-8-15/h4-13,17H,1-3H3/t17-/m0/s1. The average molecular weight is 328 g/mol. The molecule has 0 saturated heterocycles. The molecule has 0 aliphatic heterocycles. The highest BCUT2D eigenvalue weighted by molar-refractivity contribution is 5.91. The Morgan fingerprint density at radius 1 is 0.875 bits per heavy atom. The molecular weight excluding hydrogens is 308 g/mol. The fraction of sp³-hybridized carbons (Fsp3) is 0.263. The lowest BCUT2D eigenvalue weighted by Gasteiger charge is -2.19. The maximum absolute atomic E-state index is 12.3. The Morgan fingerprint density at radius 3 is 2.04 bits per heavy atom. The van der Waals surface area contributed by atoms with Crippen LogP contribution in [0, 0.1) is 0 Å². The molecule has 0 aliphatic carbocycles. The van der Waals surface area contributed by atoms with Gasteiger partial charge in [-0.25, -0.2) is 9.59 Å². The maximum atomic E-state index is 12.3. The van der Waals surface area contributed by atoms with Crippen LogP contribution in [0.3, 0.4) is 0 Å². The number of ether oxygens (including phenoxy) is 3. The predicted octanol–water partition coefficient (Wildman–Crippen LogP) is 3.54. The van der Waals surface area contributed by atoms with Crippen molar-refractivity contribution in [3.8, 4) is 5.75 Å². The minimum atomic E-state index is -1.13. The largest absolute Gasteiger partial charge is 0.497 e. The molecule has 24 heavy (non-hydrogen) atoms. The minimum Gasteiger partial charge on any atom is -0.497 e. The van der Waals surface area contributed by atoms with E-state index in [0.29, 0.717) is 16.9 Å². The van der Waals surface area contributed by atoms with E-state index in [4.69, 9.17) is 14.2 Å². The molecule has 0 unspecified atom stereocenters. The monoisotopic (exact) mass is 328 g/mol. The lowest BCUT2D eigenvalue weighted by molar-refractivity contribution is -0.158. The Balaban J connectivity index is 2.25. The number of methoxy groups -OCH3 is 1. The van der Waals surface area contributed by atoms with Gasteiger partial charge in [0, 0.05) is 5.56 Å². The number of esters is 2. The smallest absolute Gasteiger partial charge is 0.352 e. The summed E-state index contributed by atoms with van der Waals surface area (Å²) >= 11 is 0. The van der Waals surface area contributed by atoms with Crippen molar-refractivity contribution in [2.24, 2.45) is 0 Å². The number of hydrogen-bond donors (Lipinski definition) is 0. The molecule has 0 saturated carbocycles. The molecule has 2 aromatic rings. The van der Waals surface area contributed by atoms with Gasteiger partial charge in [-0.2, -0.15) is 0 Å². The van der Waals surface area contributed by atoms with Gasteiger partial charge in [0.15, 0.2) is 0 Å². The molecule has 0 radical (unpaired) electrons. The third kappa shape index (κ3) is 4.59. The maximum Gasteiger partial charge on any atom is 0.352 e. The van der Waals surface area contributed by atoms with Crippen LogP contribution in [-0.4, -0.2) is 25.2 Å². The van der Waals surface area contributed by atoms with Gasteiger partial charge in [0.2, 0.25) is 6.10 Å². The summed E-state index contributed by atoms with van der Waals surface area (Å²) < 4.78 is 15.7. The highest BCUT2D eigenvalue weighted by Crippen LogP contribution is 2.24. The molecule has 0 amide bonds. The van der Waals surface area contributed by atoms with Crippen LogP contribution in [-0.2, 0) is 14.3 Å². The van der Waals surface area contributed by atoms with E-state index >= 15 is 0 Å². The summed E-state index contributed by atoms with van der Waals surface area (Å²) in [5.41, 5.74) is 0.888. The Labute approximate surface area is 141 Å². The Kier molecular flexibility index (Phi) is 5.95. The summed E-state index contributed by atoms with van der Waals surface area (Å²) in [7, 11) is 1.55. The van der Waals surface area contributed by atoms with Crippen LogP contribution >= 0.6 is 0 Å². The second-order valence-corrected chi connectivity index (χ2v) is 5.41. The second-order valence-electron chi connectivity index (χ2n) is 5.41. The topological polar surface area (TPSA) is 61.8 Å². The van der Waals surface area contributed by atoms with Crippen LogP contribution in [0.2, 0.25) is 0 Å². The Hall–Kier alpha value is -2.82. The van der Waals surface area contributed by atoms with Gasteiger partial charge in [0.1, 0.15) is 5.75 Å². The number of carbonyl (C=O) groups excluding carboxylic acids is 2. The first-order valence-corrected chi connectivity index (χ1v) is 7.61. The zero-order valence-electron chi connectivity index (χ0n) is 13.9. The normalized spacial score (nSPS) is 11.7. The van der Waals surface area contributed by atoms with E-state index in [-0.39, 0.29) is 6.10 Å². The third-order valence-corrected chi connectivity index (χ3v) is 3.22. The molecular formula is C19H20O5. The molecule has 0 heterocycles. The van der Waals surface area contributed by atoms with Gasteiger partial charge in [0.25, 0.3) is 0 Å². The van der Waals surface area contributed by atoms with E-state index in [1.54, 1.807) is 75.6 Å². The lowest BCUT2D eigenvalue weighted by atomic mass is 10.1. The van der Waals surface area contributed by atoms with Gasteiger partial charge in [-0.3, -0.25) is 0 Å². The first-order chi connectivity index (χ1) is 11.5. The van der Waals surface area contributed by atoms with Crippen molar-refractivity contribution in [2.45, 2.75) is 26.1 Å². The van der Waals surface area contributed by atoms with Crippen molar-refractivity contribution in [3.05, 3.63) is 65.7 Å². The molecule has 0 fully saturated rings. The van der Waals surface area contributed by atoms with E-state index in [1.165, 1.54) is 0 Å². The van der Waals surface area contributed by atoms with Gasteiger partial charge in [-0.1, -0.05) is 30.3 Å². The van der Waals surface area contributed by atoms with Crippen molar-refractivity contribution in [2.75, 3.05) is 7.11 Å². The van der Waals surface area contributed by atoms with Crippen LogP contribution in [0.15, 0.2) is 54.6 Å². The first kappa shape index (κ1) is 17.5. The molecule has 0 aromatic heterocycles. The SMILES string of the molecule is COc1ccc([C@H](OC(=O)c2ccccc2)C(=O)OC(C)C)cc1. The van der Waals surface area contributed by atoms with Crippen molar-refractivity contribution in [3.63, 3.8) is 0 Å². The molecule has 0 N–H and O–H groups in total. The quantitative estimate of drug-likeness (QED) is 0.759. The van der Waals surface area contributed by atoms with Crippen LogP contribution in [0.25, 0.3) is 0 Å². The molecule has 0 spiro atoms. The Bertz CT molecular complexity index is 677. The third-order valence-electron chi connectivity index (χ3n) is 3.22. The first-order valence-electron chi connectivity index (χ1n) is 7.61. The molecule has 2 rings (SSSR count). The predicted molar refractivity (Wildman–Crippen MR) is 88.8 cm³/mol. The van der Waals surface area contributed by atoms with E-state index in [9.17, 15) is 9.59 Å². The van der Waals surface area contributed by atoms with E-state index in [1.807, 2.05) is 0 Å². The lowest BCUT2D eigenvalue weighted by Crippen LogP contribution is -2.24. The number of rotatable bonds is 6. The molecule has 5 nitrogen and oxygen atoms in total. The van der Waals surface area contributed by atoms with Crippen LogP contribution in [0.4, 0.5) is 0 Å². The minimum absolute atomic E-state index is 0.311. The number of benzene rings is 2. The van der Waals surface area contributed by atoms with E-state index in [2.05, 4.69) is 0 Å². The van der Waals surface area contributed by atoms with Gasteiger partial charge in [-0.05, 0) is 38.1 Å². The van der Waals surface area contributed by atoms with Crippen LogP contribution in [0.5, 0.6) is 5.75 Å². The molecule has 126 valence electrons. The van der Waals surface area contributed by atoms with Gasteiger partial charge in [-0.15, -0.1) is 0 Å². The van der Waals surface area contributed by atoms with Crippen molar-refractivity contribution < 1.29 is 23.8 Å². The molecule has 0 bridgehead atoms. The number of hydrogen-bond acceptors (Lipinski definition) is 5. The van der Waals surface area contributed by atoms with E-state index < -0.39 is 18.0 Å². The zero-order valence-corrected chi connectivity index (χ0v) is 13.9. The Morgan fingerprint density at radius 2 is 1.50 bits per heavy atom. The van der Waals surface area contributed by atoms with Gasteiger partial charge in [0.05, 0.1) is 18.8 Å². The second kappa shape index (κ2) is 8.15. The van der Waals surface area contributed by atoms with Gasteiger partial charge < -0.3 is 14.2 Å². The van der Waals surface area contributed by atoms with Gasteiger partial charge >= 0.3 is 11.9 Å². The summed E-state index contributed by atoms with van der Waals surface area (Å²) in [4.78, 5) is 24.6. The van der Waals surface area contributed by atoms with Crippen LogP contribution in [0.1, 0.15) is 35.9 Å². The summed E-state index contributed by atoms with van der Waals surface area (Å²) in [6.07, 6.45) is -1.44. The molecule has 0 aliphatic rings. The highest BCUT2D eigenvalue weighted by atomic mass is 16.6. The summed E-state index contributed by atoms with van der Waals surface area (Å²) in [5.74, 6) is -0.555. The molecule has 2 aromatic carbocycles. The fourth-order valence-electron chi connectivity index (χ4n) is 2.07. The zero-order chi connectivity index (χ0) is 17.5. The number of carbonyl (C=O) groups is 2. The average Bonchev–Trinajstić information content (AvgIpc) is 2.59. The summed E-state index contributed by atoms with van der Waals surface area (Å²) in [6.45, 7) is 3.48. The molecule has 1 atom stereocenters. The van der Waals surface area contributed by atoms with Crippen LogP contribution < -0.4 is 4.74 Å². The van der Waals surface area contributed by atoms with E-state index in [0.717, 1.165) is 0 Å². The summed E-state index contributed by atoms with van der Waals surface area (Å²) in [5, 5.41) is 0. The highest BCUT2D eigenvalue weighted by Gasteiger charge is 2.28. The summed E-state index contributed by atoms with van der Waals surface area (Å²) in [6, 6.07) is 15.2. The van der Waals surface area contributed by atoms with Crippen molar-refractivity contribution in [1.82, 2.24) is 0 Å². The molecule has 5 heteroatoms. The van der Waals surface area contributed by atoms with Crippen molar-refractivity contribution >= 4 is 11.9 Å². The van der Waals surface area contributed by atoms with Crippen molar-refractivity contribution in [1.29, 1.82) is 0 Å². The fourth-order valence-corrected chi connectivity index (χ4v) is 2.07.